The van der Waals surface area contributed by atoms with Crippen LogP contribution < -0.4 is 4.74 Å². The molecular weight excluding hydrogens is 650 g/mol. The van der Waals surface area contributed by atoms with Crippen LogP contribution in [-0.2, 0) is 11.3 Å². The van der Waals surface area contributed by atoms with Crippen molar-refractivity contribution >= 4 is 23.6 Å². The van der Waals surface area contributed by atoms with Crippen LogP contribution in [0, 0.1) is 39.9 Å². The number of hydrogen-bond acceptors (Lipinski definition) is 7. The zero-order valence-corrected chi connectivity index (χ0v) is 31.0. The molecule has 2 atom stereocenters. The second-order valence-corrected chi connectivity index (χ2v) is 17.5. The van der Waals surface area contributed by atoms with Gasteiger partial charge >= 0.3 is 6.09 Å². The molecule has 10 heteroatoms. The summed E-state index contributed by atoms with van der Waals surface area (Å²) in [6.45, 7) is 16.5. The zero-order chi connectivity index (χ0) is 35.7. The van der Waals surface area contributed by atoms with Gasteiger partial charge in [0.15, 0.2) is 0 Å². The molecule has 1 aromatic heterocycles. The Bertz CT molecular complexity index is 1790. The monoisotopic (exact) mass is 697 g/mol. The summed E-state index contributed by atoms with van der Waals surface area (Å²) in [5.41, 5.74) is 1.41. The Kier molecular flexibility index (Phi) is 8.64. The molecule has 2 aromatic rings. The summed E-state index contributed by atoms with van der Waals surface area (Å²) in [7, 11) is 0. The smallest absolute Gasteiger partial charge is 0.410 e. The van der Waals surface area contributed by atoms with Gasteiger partial charge in [0.25, 0.3) is 5.91 Å². The SMILES string of the molecule is CC(C)(C)OC(=O)N1CC2CC1CN2C1CCC(C#Cc2ccc3c(n2)CN(C2C(C)(C)C(Oc4ccc(C#N)c(Cl)c4)C2(C)C)C3=O)CC1. The fourth-order valence-corrected chi connectivity index (χ4v) is 10.1. The molecule has 4 fully saturated rings. The lowest BCUT2D eigenvalue weighted by molar-refractivity contribution is -0.199. The average molecular weight is 698 g/mol. The Morgan fingerprint density at radius 1 is 1.00 bits per heavy atom. The van der Waals surface area contributed by atoms with Gasteiger partial charge in [0, 0.05) is 60.1 Å². The quantitative estimate of drug-likeness (QED) is 0.316. The Labute approximate surface area is 301 Å². The molecule has 2 unspecified atom stereocenters. The van der Waals surface area contributed by atoms with Gasteiger partial charge in [-0.1, -0.05) is 45.2 Å². The number of carbonyl (C=O) groups is 2. The average Bonchev–Trinajstić information content (AvgIpc) is 3.75. The predicted molar refractivity (Wildman–Crippen MR) is 191 cm³/mol. The third-order valence-electron chi connectivity index (χ3n) is 11.7. The van der Waals surface area contributed by atoms with Gasteiger partial charge in [0.2, 0.25) is 0 Å². The lowest BCUT2D eigenvalue weighted by Gasteiger charge is -2.65. The first-order valence-corrected chi connectivity index (χ1v) is 18.4. The number of ether oxygens (including phenoxy) is 2. The molecule has 2 saturated carbocycles. The summed E-state index contributed by atoms with van der Waals surface area (Å²) in [6.07, 6.45) is 5.04. The second-order valence-electron chi connectivity index (χ2n) is 17.1. The van der Waals surface area contributed by atoms with Gasteiger partial charge in [-0.15, -0.1) is 0 Å². The van der Waals surface area contributed by atoms with Crippen molar-refractivity contribution in [3.05, 3.63) is 57.9 Å². The molecule has 5 aliphatic rings. The number of fused-ring (bicyclic) bond motifs is 3. The predicted octanol–water partition coefficient (Wildman–Crippen LogP) is 7.05. The normalized spacial score (nSPS) is 29.5. The highest BCUT2D eigenvalue weighted by Gasteiger charge is 2.67. The van der Waals surface area contributed by atoms with Crippen molar-refractivity contribution in [2.24, 2.45) is 16.7 Å². The second kappa shape index (κ2) is 12.5. The number of benzene rings is 1. The van der Waals surface area contributed by atoms with E-state index < -0.39 is 5.60 Å². The van der Waals surface area contributed by atoms with Gasteiger partial charge in [0.1, 0.15) is 29.2 Å². The van der Waals surface area contributed by atoms with Crippen LogP contribution in [0.25, 0.3) is 0 Å². The molecule has 2 saturated heterocycles. The van der Waals surface area contributed by atoms with E-state index in [0.29, 0.717) is 52.1 Å². The molecule has 3 aliphatic heterocycles. The summed E-state index contributed by atoms with van der Waals surface area (Å²) in [5, 5.41) is 9.60. The largest absolute Gasteiger partial charge is 0.489 e. The van der Waals surface area contributed by atoms with Crippen molar-refractivity contribution in [3.63, 3.8) is 0 Å². The summed E-state index contributed by atoms with van der Waals surface area (Å²) < 4.78 is 12.1. The maximum atomic E-state index is 13.7. The number of amides is 2. The molecule has 4 heterocycles. The third kappa shape index (κ3) is 6.11. The van der Waals surface area contributed by atoms with Crippen LogP contribution in [0.15, 0.2) is 30.3 Å². The van der Waals surface area contributed by atoms with Crippen LogP contribution in [0.5, 0.6) is 5.75 Å². The van der Waals surface area contributed by atoms with Crippen molar-refractivity contribution in [1.29, 1.82) is 5.26 Å². The molecule has 1 aromatic carbocycles. The van der Waals surface area contributed by atoms with Gasteiger partial charge < -0.3 is 19.3 Å². The number of hydrogen-bond donors (Lipinski definition) is 0. The van der Waals surface area contributed by atoms with E-state index in [-0.39, 0.29) is 41.0 Å². The Morgan fingerprint density at radius 3 is 2.34 bits per heavy atom. The number of nitriles is 1. The van der Waals surface area contributed by atoms with E-state index in [9.17, 15) is 14.9 Å². The highest BCUT2D eigenvalue weighted by atomic mass is 35.5. The van der Waals surface area contributed by atoms with E-state index in [1.807, 2.05) is 42.7 Å². The minimum atomic E-state index is -0.471. The summed E-state index contributed by atoms with van der Waals surface area (Å²) in [4.78, 5) is 37.8. The van der Waals surface area contributed by atoms with Crippen LogP contribution >= 0.6 is 11.6 Å². The van der Waals surface area contributed by atoms with Crippen molar-refractivity contribution in [3.8, 4) is 23.7 Å². The number of piperazine rings is 1. The first-order chi connectivity index (χ1) is 23.6. The van der Waals surface area contributed by atoms with Gasteiger partial charge in [-0.25, -0.2) is 9.78 Å². The van der Waals surface area contributed by atoms with Gasteiger partial charge in [-0.2, -0.15) is 5.26 Å². The molecule has 264 valence electrons. The number of likely N-dealkylation sites (tertiary alicyclic amines) is 2. The number of nitrogens with zero attached hydrogens (tertiary/aromatic N) is 5. The van der Waals surface area contributed by atoms with Gasteiger partial charge in [-0.3, -0.25) is 9.69 Å². The summed E-state index contributed by atoms with van der Waals surface area (Å²) >= 11 is 6.28. The first kappa shape index (κ1) is 34.6. The number of aromatic nitrogens is 1. The molecule has 2 aliphatic carbocycles. The lowest BCUT2D eigenvalue weighted by Crippen LogP contribution is -2.74. The standard InChI is InChI=1S/C40H48ClN5O4/c1-38(2,3)50-37(48)45-22-28-18-29(45)21-44(28)27-14-9-24(10-15-27)8-12-26-13-17-31-33(43-26)23-46(34(31)47)35-39(4,5)36(40(35,6)7)49-30-16-11-25(20-42)32(41)19-30/h11,13,16-17,19,24,27-29,35-36H,9-10,14-15,18,21-23H2,1-7H3. The Hall–Kier alpha value is -3.79. The minimum Gasteiger partial charge on any atom is -0.489 e. The van der Waals surface area contributed by atoms with Crippen molar-refractivity contribution < 1.29 is 19.1 Å². The molecule has 0 N–H and O–H groups in total. The maximum absolute atomic E-state index is 13.7. The fraction of sp³-hybridized carbons (Fsp3) is 0.600. The van der Waals surface area contributed by atoms with Crippen molar-refractivity contribution in [1.82, 2.24) is 19.7 Å². The molecular formula is C40H48ClN5O4. The number of halogens is 1. The van der Waals surface area contributed by atoms with Crippen LogP contribution in [-0.4, -0.2) is 80.6 Å². The van der Waals surface area contributed by atoms with E-state index >= 15 is 0 Å². The van der Waals surface area contributed by atoms with Gasteiger partial charge in [0.05, 0.1) is 28.4 Å². The van der Waals surface area contributed by atoms with E-state index in [1.54, 1.807) is 18.2 Å². The van der Waals surface area contributed by atoms with Crippen LogP contribution in [0.4, 0.5) is 4.79 Å². The highest BCUT2D eigenvalue weighted by Crippen LogP contribution is 2.59. The maximum Gasteiger partial charge on any atom is 0.410 e. The van der Waals surface area contributed by atoms with Crippen molar-refractivity contribution in [2.75, 3.05) is 13.1 Å². The summed E-state index contributed by atoms with van der Waals surface area (Å²) in [5.74, 6) is 7.80. The Balaban J connectivity index is 0.944. The third-order valence-corrected chi connectivity index (χ3v) is 12.0. The molecule has 7 rings (SSSR count). The number of carbonyl (C=O) groups excluding carboxylic acids is 2. The van der Waals surface area contributed by atoms with E-state index in [1.165, 1.54) is 0 Å². The lowest BCUT2D eigenvalue weighted by atomic mass is 9.49. The molecule has 9 nitrogen and oxygen atoms in total. The van der Waals surface area contributed by atoms with Gasteiger partial charge in [-0.05, 0) is 83.1 Å². The molecule has 0 radical (unpaired) electrons. The van der Waals surface area contributed by atoms with Crippen LogP contribution in [0.1, 0.15) is 108 Å². The highest BCUT2D eigenvalue weighted by molar-refractivity contribution is 6.31. The van der Waals surface area contributed by atoms with E-state index in [4.69, 9.17) is 26.1 Å². The molecule has 2 bridgehead atoms. The minimum absolute atomic E-state index is 0.00109. The molecule has 2 amide bonds. The molecule has 0 spiro atoms. The molecule has 50 heavy (non-hydrogen) atoms. The number of rotatable bonds is 4. The fourth-order valence-electron chi connectivity index (χ4n) is 9.91. The Morgan fingerprint density at radius 2 is 1.72 bits per heavy atom. The van der Waals surface area contributed by atoms with E-state index in [2.05, 4.69) is 50.5 Å². The number of pyridine rings is 1. The van der Waals surface area contributed by atoms with Crippen LogP contribution in [0.3, 0.4) is 0 Å². The zero-order valence-electron chi connectivity index (χ0n) is 30.3. The van der Waals surface area contributed by atoms with E-state index in [0.717, 1.165) is 50.9 Å². The van der Waals surface area contributed by atoms with Crippen LogP contribution in [0.2, 0.25) is 5.02 Å². The topological polar surface area (TPSA) is 99.0 Å². The summed E-state index contributed by atoms with van der Waals surface area (Å²) in [6, 6.07) is 12.2. The van der Waals surface area contributed by atoms with Crippen molar-refractivity contribution in [2.45, 2.75) is 123 Å². The first-order valence-electron chi connectivity index (χ1n) is 18.0.